The number of nitrogen functional groups attached to an aromatic ring is 1. The third-order valence-electron chi connectivity index (χ3n) is 9.09. The van der Waals surface area contributed by atoms with Crippen molar-refractivity contribution in [2.24, 2.45) is 5.92 Å². The number of hydrogen-bond acceptors (Lipinski definition) is 10. The number of fused-ring (bicyclic) bond motifs is 3. The number of nitrogens with zero attached hydrogens (tertiary/aromatic N) is 4. The molecule has 8 rings (SSSR count). The molecular formula is C30H27N5O6. The minimum absolute atomic E-state index is 0.174. The summed E-state index contributed by atoms with van der Waals surface area (Å²) in [6, 6.07) is 15.9. The Kier molecular flexibility index (Phi) is 5.30. The van der Waals surface area contributed by atoms with Crippen molar-refractivity contribution in [2.75, 3.05) is 12.3 Å². The first-order chi connectivity index (χ1) is 19.9. The Bertz CT molecular complexity index is 1950. The minimum atomic E-state index is -1.53. The van der Waals surface area contributed by atoms with Gasteiger partial charge >= 0.3 is 0 Å². The Hall–Kier alpha value is -3.97. The zero-order valence-corrected chi connectivity index (χ0v) is 21.6. The van der Waals surface area contributed by atoms with Crippen molar-refractivity contribution in [3.05, 3.63) is 72.3 Å². The normalized spacial score (nSPS) is 30.2. The van der Waals surface area contributed by atoms with E-state index in [4.69, 9.17) is 10.5 Å². The second-order valence-corrected chi connectivity index (χ2v) is 11.1. The van der Waals surface area contributed by atoms with Crippen molar-refractivity contribution in [3.63, 3.8) is 0 Å². The average Bonchev–Trinajstić information content (AvgIpc) is 3.56. The maximum Gasteiger partial charge on any atom is 0.167 e. The van der Waals surface area contributed by atoms with Gasteiger partial charge < -0.3 is 36.0 Å². The molecule has 0 saturated carbocycles. The molecule has 0 unspecified atom stereocenters. The van der Waals surface area contributed by atoms with E-state index in [1.807, 2.05) is 48.5 Å². The molecule has 0 bridgehead atoms. The van der Waals surface area contributed by atoms with Crippen LogP contribution in [-0.4, -0.2) is 76.1 Å². The van der Waals surface area contributed by atoms with Crippen LogP contribution in [0.2, 0.25) is 0 Å². The fourth-order valence-corrected chi connectivity index (χ4v) is 7.26. The molecule has 11 nitrogen and oxygen atoms in total. The van der Waals surface area contributed by atoms with Gasteiger partial charge in [0.1, 0.15) is 36.4 Å². The van der Waals surface area contributed by atoms with Gasteiger partial charge in [-0.25, -0.2) is 15.0 Å². The molecule has 41 heavy (non-hydrogen) atoms. The summed E-state index contributed by atoms with van der Waals surface area (Å²) >= 11 is 0. The van der Waals surface area contributed by atoms with E-state index in [-0.39, 0.29) is 5.82 Å². The van der Waals surface area contributed by atoms with Crippen molar-refractivity contribution < 1.29 is 30.3 Å². The quantitative estimate of drug-likeness (QED) is 0.177. The number of benzene rings is 4. The van der Waals surface area contributed by atoms with Crippen LogP contribution in [-0.2, 0) is 4.74 Å². The van der Waals surface area contributed by atoms with Crippen molar-refractivity contribution in [2.45, 2.75) is 42.7 Å². The van der Waals surface area contributed by atoms with Crippen LogP contribution in [0.15, 0.2) is 61.2 Å². The SMILES string of the molecule is Nc1ncnc2c1ncn2[C@@H]1O[C@H](CO)[C@@H](O)[C@H]1[C@@H]1c2c(cc3ccc4cccc5ccc2c3c45)[C@@H](O)[C@H](O)[C@@H]1O. The number of anilines is 1. The number of aromatic nitrogens is 4. The van der Waals surface area contributed by atoms with Crippen LogP contribution in [0.3, 0.4) is 0 Å². The number of ether oxygens (including phenoxy) is 1. The topological polar surface area (TPSA) is 180 Å². The maximum atomic E-state index is 11.7. The Labute approximate surface area is 232 Å². The van der Waals surface area contributed by atoms with E-state index in [2.05, 4.69) is 15.0 Å². The van der Waals surface area contributed by atoms with Crippen molar-refractivity contribution in [3.8, 4) is 0 Å². The van der Waals surface area contributed by atoms with E-state index in [9.17, 15) is 25.5 Å². The third kappa shape index (κ3) is 3.27. The standard InChI is InChI=1S/C30H27N5O6/c31-28-23-29(33-10-32-28)35(11-34-23)30-22(25(38)17(9-36)41-30)21-20-15-7-6-13-3-1-2-12-4-5-14(19(15)18(12)13)8-16(20)24(37)27(40)26(21)39/h1-8,10-11,17,21-22,24-27,30,36-40H,9H2,(H2,31,32,33)/t17-,21+,22-,24-,25-,26-,27+,30-/m1/s1. The van der Waals surface area contributed by atoms with Gasteiger partial charge in [-0.15, -0.1) is 0 Å². The van der Waals surface area contributed by atoms with Crippen LogP contribution in [0.4, 0.5) is 5.82 Å². The molecule has 11 heteroatoms. The Morgan fingerprint density at radius 1 is 0.854 bits per heavy atom. The minimum Gasteiger partial charge on any atom is -0.394 e. The van der Waals surface area contributed by atoms with Gasteiger partial charge in [-0.1, -0.05) is 42.5 Å². The molecule has 0 radical (unpaired) electrons. The zero-order valence-electron chi connectivity index (χ0n) is 21.6. The highest BCUT2D eigenvalue weighted by Gasteiger charge is 2.55. The van der Waals surface area contributed by atoms with Crippen LogP contribution in [0.1, 0.15) is 29.4 Å². The smallest absolute Gasteiger partial charge is 0.167 e. The molecule has 6 aromatic rings. The summed E-state index contributed by atoms with van der Waals surface area (Å²) in [5.74, 6) is -1.61. The fourth-order valence-electron chi connectivity index (χ4n) is 7.26. The number of imidazole rings is 1. The lowest BCUT2D eigenvalue weighted by atomic mass is 9.67. The Balaban J connectivity index is 1.41. The zero-order chi connectivity index (χ0) is 28.2. The summed E-state index contributed by atoms with van der Waals surface area (Å²) in [6.45, 7) is -0.475. The monoisotopic (exact) mass is 553 g/mol. The second kappa shape index (κ2) is 8.76. The summed E-state index contributed by atoms with van der Waals surface area (Å²) in [4.78, 5) is 12.7. The highest BCUT2D eigenvalue weighted by molar-refractivity contribution is 6.24. The molecule has 1 aliphatic heterocycles. The van der Waals surface area contributed by atoms with Gasteiger partial charge in [-0.3, -0.25) is 4.57 Å². The second-order valence-electron chi connectivity index (χ2n) is 11.1. The number of rotatable bonds is 3. The number of aliphatic hydroxyl groups is 5. The first kappa shape index (κ1) is 24.8. The summed E-state index contributed by atoms with van der Waals surface area (Å²) in [5, 5.41) is 61.6. The van der Waals surface area contributed by atoms with Crippen LogP contribution in [0.5, 0.6) is 0 Å². The molecule has 8 atom stereocenters. The molecule has 3 heterocycles. The van der Waals surface area contributed by atoms with Crippen molar-refractivity contribution in [1.29, 1.82) is 0 Å². The first-order valence-corrected chi connectivity index (χ1v) is 13.5. The Morgan fingerprint density at radius 3 is 2.39 bits per heavy atom. The average molecular weight is 554 g/mol. The summed E-state index contributed by atoms with van der Waals surface area (Å²) in [6.07, 6.45) is -4.75. The van der Waals surface area contributed by atoms with Gasteiger partial charge in [0.05, 0.1) is 25.1 Å². The predicted molar refractivity (Wildman–Crippen MR) is 150 cm³/mol. The molecule has 7 N–H and O–H groups in total. The van der Waals surface area contributed by atoms with Crippen LogP contribution in [0, 0.1) is 5.92 Å². The Morgan fingerprint density at radius 2 is 1.61 bits per heavy atom. The molecule has 208 valence electrons. The van der Waals surface area contributed by atoms with Crippen molar-refractivity contribution >= 4 is 49.3 Å². The lowest BCUT2D eigenvalue weighted by Gasteiger charge is -2.43. The van der Waals surface area contributed by atoms with E-state index in [0.29, 0.717) is 22.3 Å². The van der Waals surface area contributed by atoms with Crippen LogP contribution in [0.25, 0.3) is 43.5 Å². The van der Waals surface area contributed by atoms with Gasteiger partial charge in [0, 0.05) is 11.8 Å². The highest BCUT2D eigenvalue weighted by Crippen LogP contribution is 2.54. The maximum absolute atomic E-state index is 11.7. The molecule has 4 aromatic carbocycles. The molecular weight excluding hydrogens is 526 g/mol. The fraction of sp³-hybridized carbons (Fsp3) is 0.300. The lowest BCUT2D eigenvalue weighted by molar-refractivity contribution is -0.101. The van der Waals surface area contributed by atoms with Gasteiger partial charge in [0.2, 0.25) is 0 Å². The number of aliphatic hydroxyl groups excluding tert-OH is 5. The number of hydrogen-bond donors (Lipinski definition) is 6. The molecule has 1 aliphatic carbocycles. The van der Waals surface area contributed by atoms with Gasteiger partial charge in [0.25, 0.3) is 0 Å². The van der Waals surface area contributed by atoms with Crippen LogP contribution < -0.4 is 5.73 Å². The summed E-state index contributed by atoms with van der Waals surface area (Å²) in [5.41, 5.74) is 7.82. The lowest BCUT2D eigenvalue weighted by Crippen LogP contribution is -2.48. The molecule has 2 aromatic heterocycles. The molecule has 2 aliphatic rings. The molecule has 1 fully saturated rings. The largest absolute Gasteiger partial charge is 0.394 e. The van der Waals surface area contributed by atoms with E-state index in [1.165, 1.54) is 12.7 Å². The predicted octanol–water partition coefficient (Wildman–Crippen LogP) is 1.73. The molecule has 0 amide bonds. The molecule has 1 saturated heterocycles. The van der Waals surface area contributed by atoms with E-state index in [1.54, 1.807) is 4.57 Å². The summed E-state index contributed by atoms with van der Waals surface area (Å²) < 4.78 is 7.81. The summed E-state index contributed by atoms with van der Waals surface area (Å²) in [7, 11) is 0. The third-order valence-corrected chi connectivity index (χ3v) is 9.09. The van der Waals surface area contributed by atoms with E-state index >= 15 is 0 Å². The van der Waals surface area contributed by atoms with Gasteiger partial charge in [-0.2, -0.15) is 0 Å². The van der Waals surface area contributed by atoms with Gasteiger partial charge in [-0.05, 0) is 49.5 Å². The highest BCUT2D eigenvalue weighted by atomic mass is 16.5. The van der Waals surface area contributed by atoms with E-state index < -0.39 is 55.2 Å². The molecule has 0 spiro atoms. The van der Waals surface area contributed by atoms with E-state index in [0.717, 1.165) is 32.3 Å². The van der Waals surface area contributed by atoms with Gasteiger partial charge in [0.15, 0.2) is 11.5 Å². The van der Waals surface area contributed by atoms with Crippen molar-refractivity contribution in [1.82, 2.24) is 19.5 Å². The van der Waals surface area contributed by atoms with Crippen LogP contribution >= 0.6 is 0 Å². The number of nitrogens with two attached hydrogens (primary N) is 1. The first-order valence-electron chi connectivity index (χ1n) is 13.5.